The topological polar surface area (TPSA) is 29.3 Å². The molecule has 5 unspecified atom stereocenters. The summed E-state index contributed by atoms with van der Waals surface area (Å²) in [6, 6.07) is 1.34. The van der Waals surface area contributed by atoms with Gasteiger partial charge in [0, 0.05) is 25.2 Å². The second-order valence-corrected chi connectivity index (χ2v) is 6.30. The summed E-state index contributed by atoms with van der Waals surface area (Å²) >= 11 is 0. The fourth-order valence-electron chi connectivity index (χ4n) is 4.37. The highest BCUT2D eigenvalue weighted by Gasteiger charge is 2.43. The molecule has 15 heavy (non-hydrogen) atoms. The quantitative estimate of drug-likeness (QED) is 0.712. The van der Waals surface area contributed by atoms with Crippen LogP contribution < -0.4 is 5.73 Å². The van der Waals surface area contributed by atoms with Gasteiger partial charge in [-0.25, -0.2) is 0 Å². The maximum absolute atomic E-state index is 6.14. The van der Waals surface area contributed by atoms with Gasteiger partial charge in [-0.15, -0.1) is 0 Å². The van der Waals surface area contributed by atoms with Crippen LogP contribution in [0.1, 0.15) is 39.0 Å². The van der Waals surface area contributed by atoms with E-state index in [2.05, 4.69) is 11.8 Å². The van der Waals surface area contributed by atoms with Crippen LogP contribution in [-0.2, 0) is 0 Å². The van der Waals surface area contributed by atoms with Gasteiger partial charge in [0.05, 0.1) is 0 Å². The van der Waals surface area contributed by atoms with E-state index < -0.39 is 0 Å². The van der Waals surface area contributed by atoms with Crippen molar-refractivity contribution in [3.63, 3.8) is 0 Å². The van der Waals surface area contributed by atoms with Gasteiger partial charge in [0.25, 0.3) is 0 Å². The summed E-state index contributed by atoms with van der Waals surface area (Å²) < 4.78 is 0. The molecule has 1 heterocycles. The number of hydrogen-bond acceptors (Lipinski definition) is 2. The van der Waals surface area contributed by atoms with Crippen molar-refractivity contribution in [2.24, 2.45) is 23.5 Å². The molecule has 2 saturated carbocycles. The fraction of sp³-hybridized carbons (Fsp3) is 1.00. The Hall–Kier alpha value is -0.0800. The molecule has 1 saturated heterocycles. The number of piperidine rings is 1. The second-order valence-electron chi connectivity index (χ2n) is 6.30. The Morgan fingerprint density at radius 2 is 1.93 bits per heavy atom. The smallest absolute Gasteiger partial charge is 0.0170 e. The number of nitrogens with zero attached hydrogens (tertiary/aromatic N) is 1. The molecule has 0 radical (unpaired) electrons. The predicted octanol–water partition coefficient (Wildman–Crippen LogP) is 1.84. The molecule has 2 aliphatic carbocycles. The molecule has 0 spiro atoms. The molecule has 2 bridgehead atoms. The van der Waals surface area contributed by atoms with E-state index in [-0.39, 0.29) is 0 Å². The highest BCUT2D eigenvalue weighted by molar-refractivity contribution is 4.97. The predicted molar refractivity (Wildman–Crippen MR) is 62.6 cm³/mol. The van der Waals surface area contributed by atoms with Gasteiger partial charge in [0.1, 0.15) is 0 Å². The summed E-state index contributed by atoms with van der Waals surface area (Å²) in [5, 5.41) is 0. The third-order valence-corrected chi connectivity index (χ3v) is 4.89. The van der Waals surface area contributed by atoms with Crippen molar-refractivity contribution in [1.82, 2.24) is 4.90 Å². The molecule has 2 nitrogen and oxygen atoms in total. The van der Waals surface area contributed by atoms with Gasteiger partial charge < -0.3 is 5.73 Å². The summed E-state index contributed by atoms with van der Waals surface area (Å²) in [5.74, 6) is 2.90. The molecule has 3 aliphatic rings. The van der Waals surface area contributed by atoms with E-state index in [1.807, 2.05) is 0 Å². The van der Waals surface area contributed by atoms with E-state index in [9.17, 15) is 0 Å². The molecule has 86 valence electrons. The highest BCUT2D eigenvalue weighted by atomic mass is 15.2. The molecular formula is C13H24N2. The standard InChI is InChI=1S/C13H24N2/c1-9-4-12(14)8-15(7-9)13-6-10-2-3-11(13)5-10/h9-13H,2-8,14H2,1H3. The normalized spacial score (nSPS) is 51.2. The van der Waals surface area contributed by atoms with Crippen LogP contribution in [0.4, 0.5) is 0 Å². The van der Waals surface area contributed by atoms with Crippen LogP contribution in [-0.4, -0.2) is 30.1 Å². The number of fused-ring (bicyclic) bond motifs is 2. The molecule has 1 aliphatic heterocycles. The van der Waals surface area contributed by atoms with Crippen molar-refractivity contribution >= 4 is 0 Å². The van der Waals surface area contributed by atoms with Crippen molar-refractivity contribution < 1.29 is 0 Å². The molecule has 0 amide bonds. The monoisotopic (exact) mass is 208 g/mol. The number of rotatable bonds is 1. The average Bonchev–Trinajstić information content (AvgIpc) is 2.76. The summed E-state index contributed by atoms with van der Waals surface area (Å²) in [5.41, 5.74) is 6.14. The Bertz CT molecular complexity index is 231. The van der Waals surface area contributed by atoms with Gasteiger partial charge in [0.15, 0.2) is 0 Å². The largest absolute Gasteiger partial charge is 0.327 e. The van der Waals surface area contributed by atoms with Gasteiger partial charge in [-0.3, -0.25) is 4.90 Å². The molecule has 3 rings (SSSR count). The summed E-state index contributed by atoms with van der Waals surface area (Å²) in [4.78, 5) is 2.72. The zero-order chi connectivity index (χ0) is 10.4. The zero-order valence-corrected chi connectivity index (χ0v) is 9.86. The van der Waals surface area contributed by atoms with Crippen molar-refractivity contribution in [2.75, 3.05) is 13.1 Å². The molecule has 0 aromatic rings. The van der Waals surface area contributed by atoms with Crippen molar-refractivity contribution in [1.29, 1.82) is 0 Å². The third kappa shape index (κ3) is 1.83. The molecule has 3 fully saturated rings. The molecule has 0 aromatic carbocycles. The lowest BCUT2D eigenvalue weighted by Gasteiger charge is -2.41. The van der Waals surface area contributed by atoms with Crippen LogP contribution in [0.25, 0.3) is 0 Å². The average molecular weight is 208 g/mol. The van der Waals surface area contributed by atoms with E-state index in [0.717, 1.165) is 30.3 Å². The summed E-state index contributed by atoms with van der Waals surface area (Å²) in [6.45, 7) is 4.83. The fourth-order valence-corrected chi connectivity index (χ4v) is 4.37. The first kappa shape index (κ1) is 10.1. The van der Waals surface area contributed by atoms with Gasteiger partial charge in [0.2, 0.25) is 0 Å². The Morgan fingerprint density at radius 3 is 2.53 bits per heavy atom. The molecule has 5 atom stereocenters. The maximum atomic E-state index is 6.14. The van der Waals surface area contributed by atoms with Gasteiger partial charge in [-0.05, 0) is 43.4 Å². The Morgan fingerprint density at radius 1 is 1.07 bits per heavy atom. The Kier molecular flexibility index (Phi) is 2.52. The van der Waals surface area contributed by atoms with E-state index in [4.69, 9.17) is 5.73 Å². The van der Waals surface area contributed by atoms with Gasteiger partial charge in [-0.1, -0.05) is 13.3 Å². The lowest BCUT2D eigenvalue weighted by atomic mass is 9.89. The minimum absolute atomic E-state index is 0.438. The maximum Gasteiger partial charge on any atom is 0.0170 e. The Labute approximate surface area is 93.2 Å². The van der Waals surface area contributed by atoms with Gasteiger partial charge in [-0.2, -0.15) is 0 Å². The van der Waals surface area contributed by atoms with E-state index in [1.54, 1.807) is 0 Å². The van der Waals surface area contributed by atoms with Crippen LogP contribution in [0.2, 0.25) is 0 Å². The van der Waals surface area contributed by atoms with Crippen LogP contribution >= 0.6 is 0 Å². The van der Waals surface area contributed by atoms with Gasteiger partial charge >= 0.3 is 0 Å². The van der Waals surface area contributed by atoms with E-state index >= 15 is 0 Å². The summed E-state index contributed by atoms with van der Waals surface area (Å²) in [6.07, 6.45) is 7.23. The lowest BCUT2D eigenvalue weighted by Crippen LogP contribution is -2.51. The van der Waals surface area contributed by atoms with Crippen molar-refractivity contribution in [2.45, 2.75) is 51.1 Å². The first-order valence-electron chi connectivity index (χ1n) is 6.72. The molecular weight excluding hydrogens is 184 g/mol. The first-order valence-corrected chi connectivity index (χ1v) is 6.72. The zero-order valence-electron chi connectivity index (χ0n) is 9.86. The number of nitrogens with two attached hydrogens (primary N) is 1. The third-order valence-electron chi connectivity index (χ3n) is 4.89. The minimum Gasteiger partial charge on any atom is -0.327 e. The summed E-state index contributed by atoms with van der Waals surface area (Å²) in [7, 11) is 0. The van der Waals surface area contributed by atoms with E-state index in [0.29, 0.717) is 6.04 Å². The van der Waals surface area contributed by atoms with Crippen molar-refractivity contribution in [3.8, 4) is 0 Å². The molecule has 0 aromatic heterocycles. The lowest BCUT2D eigenvalue weighted by molar-refractivity contribution is 0.0831. The molecule has 2 N–H and O–H groups in total. The first-order chi connectivity index (χ1) is 7.22. The van der Waals surface area contributed by atoms with E-state index in [1.165, 1.54) is 38.6 Å². The number of hydrogen-bond donors (Lipinski definition) is 1. The second kappa shape index (κ2) is 3.74. The minimum atomic E-state index is 0.438. The van der Waals surface area contributed by atoms with Crippen molar-refractivity contribution in [3.05, 3.63) is 0 Å². The highest BCUT2D eigenvalue weighted by Crippen LogP contribution is 2.47. The number of likely N-dealkylation sites (tertiary alicyclic amines) is 1. The van der Waals surface area contributed by atoms with Crippen LogP contribution in [0.5, 0.6) is 0 Å². The van der Waals surface area contributed by atoms with Crippen LogP contribution in [0.3, 0.4) is 0 Å². The molecule has 2 heteroatoms. The van der Waals surface area contributed by atoms with Crippen LogP contribution in [0, 0.1) is 17.8 Å². The van der Waals surface area contributed by atoms with Crippen LogP contribution in [0.15, 0.2) is 0 Å². The SMILES string of the molecule is CC1CC(N)CN(C2CC3CCC2C3)C1. The Balaban J connectivity index is 1.66.